The zero-order chi connectivity index (χ0) is 18.7. The molecule has 0 aliphatic carbocycles. The number of amides is 1. The Kier molecular flexibility index (Phi) is 5.57. The number of aryl methyl sites for hydroxylation is 1. The van der Waals surface area contributed by atoms with Crippen LogP contribution in [0.2, 0.25) is 0 Å². The van der Waals surface area contributed by atoms with E-state index in [-0.39, 0.29) is 12.5 Å². The van der Waals surface area contributed by atoms with E-state index in [4.69, 9.17) is 4.74 Å². The maximum atomic E-state index is 12.4. The smallest absolute Gasteiger partial charge is 0.260 e. The molecule has 136 valence electrons. The highest BCUT2D eigenvalue weighted by atomic mass is 32.1. The van der Waals surface area contributed by atoms with Crippen molar-refractivity contribution in [3.8, 4) is 5.75 Å². The number of hydrogen-bond donors (Lipinski definition) is 0. The Morgan fingerprint density at radius 1 is 1.23 bits per heavy atom. The molecule has 1 heterocycles. The Balaban J connectivity index is 1.61. The van der Waals surface area contributed by atoms with Crippen LogP contribution in [0.25, 0.3) is 10.2 Å². The molecule has 3 aromatic rings. The monoisotopic (exact) mass is 368 g/mol. The summed E-state index contributed by atoms with van der Waals surface area (Å²) in [4.78, 5) is 18.7. The van der Waals surface area contributed by atoms with E-state index in [1.54, 1.807) is 23.3 Å². The minimum atomic E-state index is -0.0568. The van der Waals surface area contributed by atoms with Crippen LogP contribution in [0.1, 0.15) is 35.9 Å². The Bertz CT molecular complexity index is 884. The molecule has 0 N–H and O–H groups in total. The number of benzene rings is 2. The number of carbonyl (C=O) groups excluding carboxylic acids is 1. The van der Waals surface area contributed by atoms with E-state index in [1.807, 2.05) is 43.3 Å². The maximum absolute atomic E-state index is 12.4. The van der Waals surface area contributed by atoms with Crippen molar-refractivity contribution in [2.24, 2.45) is 0 Å². The molecule has 5 heteroatoms. The molecule has 0 spiro atoms. The summed E-state index contributed by atoms with van der Waals surface area (Å²) in [5.41, 5.74) is 3.22. The predicted molar refractivity (Wildman–Crippen MR) is 107 cm³/mol. The molecular formula is C21H24N2O2S. The zero-order valence-electron chi connectivity index (χ0n) is 15.7. The van der Waals surface area contributed by atoms with Crippen LogP contribution < -0.4 is 4.74 Å². The first-order valence-corrected chi connectivity index (χ1v) is 9.57. The van der Waals surface area contributed by atoms with Crippen molar-refractivity contribution in [1.29, 1.82) is 0 Å². The number of rotatable bonds is 6. The summed E-state index contributed by atoms with van der Waals surface area (Å²) in [5, 5.41) is 0.931. The highest BCUT2D eigenvalue weighted by Gasteiger charge is 2.14. The Morgan fingerprint density at radius 3 is 2.73 bits per heavy atom. The molecule has 0 aliphatic heterocycles. The second-order valence-electron chi connectivity index (χ2n) is 6.79. The van der Waals surface area contributed by atoms with E-state index >= 15 is 0 Å². The van der Waals surface area contributed by atoms with E-state index < -0.39 is 0 Å². The summed E-state index contributed by atoms with van der Waals surface area (Å²) >= 11 is 1.62. The fourth-order valence-electron chi connectivity index (χ4n) is 2.66. The van der Waals surface area contributed by atoms with Gasteiger partial charge >= 0.3 is 0 Å². The molecule has 0 aliphatic rings. The van der Waals surface area contributed by atoms with Gasteiger partial charge in [-0.05, 0) is 42.2 Å². The van der Waals surface area contributed by atoms with Gasteiger partial charge in [0.2, 0.25) is 0 Å². The summed E-state index contributed by atoms with van der Waals surface area (Å²) in [6, 6.07) is 14.2. The molecule has 0 bridgehead atoms. The highest BCUT2D eigenvalue weighted by molar-refractivity contribution is 7.18. The third-order valence-corrected chi connectivity index (χ3v) is 5.39. The van der Waals surface area contributed by atoms with E-state index in [0.717, 1.165) is 26.5 Å². The van der Waals surface area contributed by atoms with Gasteiger partial charge in [0.15, 0.2) is 6.61 Å². The number of para-hydroxylation sites is 1. The normalized spacial score (nSPS) is 11.1. The van der Waals surface area contributed by atoms with Crippen LogP contribution in [0.15, 0.2) is 42.5 Å². The maximum Gasteiger partial charge on any atom is 0.260 e. The fourth-order valence-corrected chi connectivity index (χ4v) is 3.68. The molecule has 0 unspecified atom stereocenters. The van der Waals surface area contributed by atoms with Crippen molar-refractivity contribution in [3.05, 3.63) is 58.6 Å². The van der Waals surface area contributed by atoms with Crippen LogP contribution in [-0.2, 0) is 11.3 Å². The quantitative estimate of drug-likeness (QED) is 0.630. The summed E-state index contributed by atoms with van der Waals surface area (Å²) in [5.74, 6) is 1.15. The molecule has 0 radical (unpaired) electrons. The lowest BCUT2D eigenvalue weighted by molar-refractivity contribution is -0.132. The van der Waals surface area contributed by atoms with E-state index in [9.17, 15) is 4.79 Å². The van der Waals surface area contributed by atoms with E-state index in [2.05, 4.69) is 24.9 Å². The number of carbonyl (C=O) groups is 1. The van der Waals surface area contributed by atoms with Crippen molar-refractivity contribution in [1.82, 2.24) is 9.88 Å². The lowest BCUT2D eigenvalue weighted by Crippen LogP contribution is -2.31. The van der Waals surface area contributed by atoms with Crippen LogP contribution in [-0.4, -0.2) is 29.4 Å². The standard InChI is InChI=1S/C21H24N2O2S/c1-14(2)16-10-9-15(3)18(11-16)25-13-21(24)23(4)12-20-22-17-7-5-6-8-19(17)26-20/h5-11,14H,12-13H2,1-4H3. The molecule has 0 saturated heterocycles. The Morgan fingerprint density at radius 2 is 2.00 bits per heavy atom. The molecular weight excluding hydrogens is 344 g/mol. The minimum absolute atomic E-state index is 0.0315. The van der Waals surface area contributed by atoms with Crippen LogP contribution in [0.5, 0.6) is 5.75 Å². The average molecular weight is 369 g/mol. The second-order valence-corrected chi connectivity index (χ2v) is 7.91. The zero-order valence-corrected chi connectivity index (χ0v) is 16.5. The summed E-state index contributed by atoms with van der Waals surface area (Å²) < 4.78 is 6.94. The van der Waals surface area contributed by atoms with Crippen LogP contribution in [0.4, 0.5) is 0 Å². The molecule has 4 nitrogen and oxygen atoms in total. The van der Waals surface area contributed by atoms with Crippen molar-refractivity contribution in [2.45, 2.75) is 33.2 Å². The lowest BCUT2D eigenvalue weighted by Gasteiger charge is -2.17. The van der Waals surface area contributed by atoms with E-state index in [0.29, 0.717) is 12.5 Å². The number of ether oxygens (including phenoxy) is 1. The molecule has 2 aromatic carbocycles. The lowest BCUT2D eigenvalue weighted by atomic mass is 10.0. The van der Waals surface area contributed by atoms with Gasteiger partial charge in [0.25, 0.3) is 5.91 Å². The molecule has 0 fully saturated rings. The van der Waals surface area contributed by atoms with Crippen LogP contribution >= 0.6 is 11.3 Å². The molecule has 3 rings (SSSR count). The number of likely N-dealkylation sites (N-methyl/N-ethyl adjacent to an activating group) is 1. The molecule has 26 heavy (non-hydrogen) atoms. The SMILES string of the molecule is Cc1ccc(C(C)C)cc1OCC(=O)N(C)Cc1nc2ccccc2s1. The van der Waals surface area contributed by atoms with Gasteiger partial charge in [-0.2, -0.15) is 0 Å². The second kappa shape index (κ2) is 7.87. The summed E-state index contributed by atoms with van der Waals surface area (Å²) in [6.45, 7) is 6.81. The Labute approximate surface area is 158 Å². The largest absolute Gasteiger partial charge is 0.483 e. The topological polar surface area (TPSA) is 42.4 Å². The summed E-state index contributed by atoms with van der Waals surface area (Å²) in [6.07, 6.45) is 0. The summed E-state index contributed by atoms with van der Waals surface area (Å²) in [7, 11) is 1.79. The highest BCUT2D eigenvalue weighted by Crippen LogP contribution is 2.25. The fraction of sp³-hybridized carbons (Fsp3) is 0.333. The van der Waals surface area contributed by atoms with Crippen molar-refractivity contribution >= 4 is 27.5 Å². The number of nitrogens with zero attached hydrogens (tertiary/aromatic N) is 2. The number of thiazole rings is 1. The van der Waals surface area contributed by atoms with Gasteiger partial charge in [-0.1, -0.05) is 38.1 Å². The first-order chi connectivity index (χ1) is 12.4. The third kappa shape index (κ3) is 4.22. The third-order valence-electron chi connectivity index (χ3n) is 4.37. The average Bonchev–Trinajstić information content (AvgIpc) is 3.02. The van der Waals surface area contributed by atoms with Gasteiger partial charge in [-0.3, -0.25) is 4.79 Å². The van der Waals surface area contributed by atoms with Gasteiger partial charge in [-0.15, -0.1) is 11.3 Å². The first-order valence-electron chi connectivity index (χ1n) is 8.76. The number of hydrogen-bond acceptors (Lipinski definition) is 4. The van der Waals surface area contributed by atoms with Gasteiger partial charge < -0.3 is 9.64 Å². The molecule has 1 aromatic heterocycles. The van der Waals surface area contributed by atoms with Crippen molar-refractivity contribution in [3.63, 3.8) is 0 Å². The van der Waals surface area contributed by atoms with Gasteiger partial charge in [0, 0.05) is 7.05 Å². The first kappa shape index (κ1) is 18.4. The molecule has 0 atom stereocenters. The van der Waals surface area contributed by atoms with Crippen molar-refractivity contribution in [2.75, 3.05) is 13.7 Å². The number of fused-ring (bicyclic) bond motifs is 1. The van der Waals surface area contributed by atoms with E-state index in [1.165, 1.54) is 5.56 Å². The Hall–Kier alpha value is -2.40. The molecule has 0 saturated carbocycles. The van der Waals surface area contributed by atoms with Gasteiger partial charge in [0.1, 0.15) is 10.8 Å². The van der Waals surface area contributed by atoms with Gasteiger partial charge in [0.05, 0.1) is 16.8 Å². The van der Waals surface area contributed by atoms with Gasteiger partial charge in [-0.25, -0.2) is 4.98 Å². The molecule has 1 amide bonds. The predicted octanol–water partition coefficient (Wildman–Crippen LogP) is 4.77. The van der Waals surface area contributed by atoms with Crippen LogP contribution in [0, 0.1) is 6.92 Å². The van der Waals surface area contributed by atoms with Crippen molar-refractivity contribution < 1.29 is 9.53 Å². The van der Waals surface area contributed by atoms with Crippen LogP contribution in [0.3, 0.4) is 0 Å². The number of aromatic nitrogens is 1. The minimum Gasteiger partial charge on any atom is -0.483 e.